The maximum atomic E-state index is 13.0. The van der Waals surface area contributed by atoms with Gasteiger partial charge in [0.2, 0.25) is 5.43 Å². The quantitative estimate of drug-likeness (QED) is 0.719. The molecule has 1 aromatic heterocycles. The summed E-state index contributed by atoms with van der Waals surface area (Å²) in [5.74, 6) is -0.994. The Morgan fingerprint density at radius 3 is 2.23 bits per heavy atom. The van der Waals surface area contributed by atoms with E-state index in [1.54, 1.807) is 23.7 Å². The van der Waals surface area contributed by atoms with Crippen molar-refractivity contribution in [1.29, 1.82) is 0 Å². The van der Waals surface area contributed by atoms with Gasteiger partial charge in [0.25, 0.3) is 11.8 Å². The van der Waals surface area contributed by atoms with Gasteiger partial charge in [0, 0.05) is 38.6 Å². The van der Waals surface area contributed by atoms with E-state index in [1.165, 1.54) is 29.4 Å². The van der Waals surface area contributed by atoms with Crippen LogP contribution in [0.2, 0.25) is 0 Å². The Morgan fingerprint density at radius 1 is 1.07 bits per heavy atom. The molecule has 0 radical (unpaired) electrons. The molecule has 2 rings (SSSR count). The van der Waals surface area contributed by atoms with Gasteiger partial charge in [-0.3, -0.25) is 14.4 Å². The fourth-order valence-corrected chi connectivity index (χ4v) is 3.11. The van der Waals surface area contributed by atoms with Crippen molar-refractivity contribution in [3.63, 3.8) is 0 Å². The number of benzene rings is 1. The second kappa shape index (κ2) is 10.2. The highest BCUT2D eigenvalue weighted by atomic mass is 19.1. The summed E-state index contributed by atoms with van der Waals surface area (Å²) >= 11 is 0. The largest absolute Gasteiger partial charge is 0.352 e. The summed E-state index contributed by atoms with van der Waals surface area (Å²) in [5, 5.41) is 2.73. The van der Waals surface area contributed by atoms with Crippen LogP contribution in [-0.2, 0) is 6.42 Å². The summed E-state index contributed by atoms with van der Waals surface area (Å²) in [4.78, 5) is 40.0. The van der Waals surface area contributed by atoms with Crippen LogP contribution in [0.4, 0.5) is 4.39 Å². The SMILES string of the molecule is CC(C)CN(C)C(=O)c1cn(C(C)C)cc(C(=O)NCCc2ccc(F)cc2)c1=O. The number of rotatable bonds is 8. The van der Waals surface area contributed by atoms with Gasteiger partial charge in [0.15, 0.2) is 0 Å². The number of carbonyl (C=O) groups excluding carboxylic acids is 2. The second-order valence-corrected chi connectivity index (χ2v) is 8.17. The van der Waals surface area contributed by atoms with Gasteiger partial charge in [-0.15, -0.1) is 0 Å². The van der Waals surface area contributed by atoms with E-state index in [4.69, 9.17) is 0 Å². The minimum Gasteiger partial charge on any atom is -0.352 e. The van der Waals surface area contributed by atoms with Crippen molar-refractivity contribution >= 4 is 11.8 Å². The van der Waals surface area contributed by atoms with Crippen LogP contribution in [0, 0.1) is 11.7 Å². The number of amides is 2. The van der Waals surface area contributed by atoms with Crippen molar-refractivity contribution in [2.24, 2.45) is 5.92 Å². The van der Waals surface area contributed by atoms with E-state index >= 15 is 0 Å². The van der Waals surface area contributed by atoms with Crippen molar-refractivity contribution in [3.8, 4) is 0 Å². The first-order chi connectivity index (χ1) is 14.1. The van der Waals surface area contributed by atoms with Crippen LogP contribution in [0.5, 0.6) is 0 Å². The Morgan fingerprint density at radius 2 is 1.67 bits per heavy atom. The summed E-state index contributed by atoms with van der Waals surface area (Å²) in [6, 6.07) is 6.00. The molecule has 0 atom stereocenters. The molecule has 0 aliphatic carbocycles. The maximum Gasteiger partial charge on any atom is 0.259 e. The molecule has 30 heavy (non-hydrogen) atoms. The van der Waals surface area contributed by atoms with Gasteiger partial charge in [-0.05, 0) is 43.9 Å². The number of carbonyl (C=O) groups is 2. The van der Waals surface area contributed by atoms with Crippen LogP contribution in [0.3, 0.4) is 0 Å². The minimum atomic E-state index is -0.577. The fraction of sp³-hybridized carbons (Fsp3) is 0.435. The maximum absolute atomic E-state index is 13.0. The molecule has 0 unspecified atom stereocenters. The summed E-state index contributed by atoms with van der Waals surface area (Å²) in [6.45, 7) is 8.59. The van der Waals surface area contributed by atoms with E-state index in [9.17, 15) is 18.8 Å². The minimum absolute atomic E-state index is 0.0157. The van der Waals surface area contributed by atoms with Gasteiger partial charge in [-0.1, -0.05) is 26.0 Å². The van der Waals surface area contributed by atoms with Crippen LogP contribution in [0.1, 0.15) is 60.0 Å². The van der Waals surface area contributed by atoms with E-state index in [0.717, 1.165) is 5.56 Å². The molecule has 7 heteroatoms. The summed E-state index contributed by atoms with van der Waals surface area (Å²) in [5.41, 5.74) is 0.215. The standard InChI is InChI=1S/C23H30FN3O3/c1-15(2)12-26(5)23(30)20-14-27(16(3)4)13-19(21(20)28)22(29)25-11-10-17-6-8-18(24)9-7-17/h6-9,13-16H,10-12H2,1-5H3,(H,25,29). The lowest BCUT2D eigenvalue weighted by Crippen LogP contribution is -2.38. The molecule has 1 heterocycles. The van der Waals surface area contributed by atoms with Crippen LogP contribution < -0.4 is 10.7 Å². The van der Waals surface area contributed by atoms with Crippen molar-refractivity contribution in [1.82, 2.24) is 14.8 Å². The highest BCUT2D eigenvalue weighted by Crippen LogP contribution is 2.10. The number of hydrogen-bond acceptors (Lipinski definition) is 3. The van der Waals surface area contributed by atoms with Crippen molar-refractivity contribution in [3.05, 3.63) is 69.4 Å². The molecule has 2 aromatic rings. The molecule has 0 fully saturated rings. The van der Waals surface area contributed by atoms with Crippen LogP contribution in [-0.4, -0.2) is 41.4 Å². The van der Waals surface area contributed by atoms with Gasteiger partial charge in [-0.2, -0.15) is 0 Å². The normalized spacial score (nSPS) is 11.1. The van der Waals surface area contributed by atoms with E-state index in [-0.39, 0.29) is 35.4 Å². The first-order valence-corrected chi connectivity index (χ1v) is 10.1. The molecule has 6 nitrogen and oxygen atoms in total. The number of hydrogen-bond donors (Lipinski definition) is 1. The second-order valence-electron chi connectivity index (χ2n) is 8.17. The Balaban J connectivity index is 2.24. The van der Waals surface area contributed by atoms with Crippen LogP contribution in [0.15, 0.2) is 41.5 Å². The van der Waals surface area contributed by atoms with Crippen molar-refractivity contribution < 1.29 is 14.0 Å². The number of aromatic nitrogens is 1. The van der Waals surface area contributed by atoms with Gasteiger partial charge < -0.3 is 14.8 Å². The van der Waals surface area contributed by atoms with Gasteiger partial charge in [-0.25, -0.2) is 4.39 Å². The zero-order valence-electron chi connectivity index (χ0n) is 18.2. The number of nitrogens with one attached hydrogen (secondary N) is 1. The number of pyridine rings is 1. The highest BCUT2D eigenvalue weighted by Gasteiger charge is 2.22. The average Bonchev–Trinajstić information content (AvgIpc) is 2.68. The summed E-state index contributed by atoms with van der Waals surface area (Å²) in [6.07, 6.45) is 3.50. The zero-order chi connectivity index (χ0) is 22.4. The van der Waals surface area contributed by atoms with E-state index in [2.05, 4.69) is 5.32 Å². The van der Waals surface area contributed by atoms with Crippen LogP contribution in [0.25, 0.3) is 0 Å². The molecule has 0 bridgehead atoms. The Kier molecular flexibility index (Phi) is 7.92. The molecule has 0 aliphatic heterocycles. The lowest BCUT2D eigenvalue weighted by Gasteiger charge is -2.21. The van der Waals surface area contributed by atoms with Gasteiger partial charge in [0.1, 0.15) is 16.9 Å². The smallest absolute Gasteiger partial charge is 0.259 e. The zero-order valence-corrected chi connectivity index (χ0v) is 18.2. The van der Waals surface area contributed by atoms with E-state index < -0.39 is 17.2 Å². The summed E-state index contributed by atoms with van der Waals surface area (Å²) < 4.78 is 14.7. The topological polar surface area (TPSA) is 71.4 Å². The molecule has 0 spiro atoms. The van der Waals surface area contributed by atoms with E-state index in [0.29, 0.717) is 13.0 Å². The third kappa shape index (κ3) is 6.02. The van der Waals surface area contributed by atoms with E-state index in [1.807, 2.05) is 27.7 Å². The van der Waals surface area contributed by atoms with Crippen LogP contribution >= 0.6 is 0 Å². The molecular weight excluding hydrogens is 385 g/mol. The van der Waals surface area contributed by atoms with Crippen molar-refractivity contribution in [2.45, 2.75) is 40.2 Å². The van der Waals surface area contributed by atoms with Crippen molar-refractivity contribution in [2.75, 3.05) is 20.1 Å². The molecule has 0 saturated heterocycles. The molecular formula is C23H30FN3O3. The molecule has 0 saturated carbocycles. The van der Waals surface area contributed by atoms with Gasteiger partial charge >= 0.3 is 0 Å². The lowest BCUT2D eigenvalue weighted by molar-refractivity contribution is 0.0777. The Labute approximate surface area is 176 Å². The third-order valence-electron chi connectivity index (χ3n) is 4.72. The molecule has 162 valence electrons. The Hall–Kier alpha value is -2.96. The Bertz CT molecular complexity index is 949. The molecule has 1 N–H and O–H groups in total. The highest BCUT2D eigenvalue weighted by molar-refractivity contribution is 5.99. The third-order valence-corrected chi connectivity index (χ3v) is 4.72. The molecule has 1 aromatic carbocycles. The molecule has 2 amide bonds. The number of halogens is 1. The average molecular weight is 416 g/mol. The predicted molar refractivity (Wildman–Crippen MR) is 115 cm³/mol. The monoisotopic (exact) mass is 415 g/mol. The van der Waals surface area contributed by atoms with Gasteiger partial charge in [0.05, 0.1) is 0 Å². The predicted octanol–water partition coefficient (Wildman–Crippen LogP) is 3.27. The first-order valence-electron chi connectivity index (χ1n) is 10.1. The summed E-state index contributed by atoms with van der Waals surface area (Å²) in [7, 11) is 1.65. The molecule has 0 aliphatic rings. The first kappa shape index (κ1) is 23.3. The lowest BCUT2D eigenvalue weighted by atomic mass is 10.1. The number of nitrogens with zero attached hydrogens (tertiary/aromatic N) is 2. The fourth-order valence-electron chi connectivity index (χ4n) is 3.11.